The lowest BCUT2D eigenvalue weighted by Crippen LogP contribution is -2.43. The van der Waals surface area contributed by atoms with Crippen molar-refractivity contribution in [1.29, 1.82) is 0 Å². The molecule has 0 spiro atoms. The Hall–Kier alpha value is -1.99. The maximum Gasteiger partial charge on any atom is 0.320 e. The summed E-state index contributed by atoms with van der Waals surface area (Å²) in [5.74, 6) is 0.0458. The van der Waals surface area contributed by atoms with Crippen LogP contribution in [0.25, 0.3) is 0 Å². The Labute approximate surface area is 89.3 Å². The van der Waals surface area contributed by atoms with E-state index < -0.39 is 12.2 Å². The largest absolute Gasteiger partial charge is 0.454 e. The van der Waals surface area contributed by atoms with Crippen LogP contribution in [0.15, 0.2) is 12.1 Å². The van der Waals surface area contributed by atoms with E-state index in [-0.39, 0.29) is 18.2 Å². The zero-order valence-electron chi connectivity index (χ0n) is 7.91. The van der Waals surface area contributed by atoms with Gasteiger partial charge in [0.05, 0.1) is 0 Å². The van der Waals surface area contributed by atoms with Crippen LogP contribution in [0, 0.1) is 0 Å². The molecule has 7 heteroatoms. The van der Waals surface area contributed by atoms with Gasteiger partial charge in [0.1, 0.15) is 5.69 Å². The molecule has 2 heterocycles. The molecule has 0 radical (unpaired) electrons. The molecule has 1 aromatic rings. The molecule has 3 rings (SSSR count). The van der Waals surface area contributed by atoms with Gasteiger partial charge in [0.2, 0.25) is 6.79 Å². The summed E-state index contributed by atoms with van der Waals surface area (Å²) >= 11 is 0. The van der Waals surface area contributed by atoms with Crippen LogP contribution in [-0.4, -0.2) is 29.3 Å². The van der Waals surface area contributed by atoms with Crippen molar-refractivity contribution in [3.8, 4) is 17.2 Å². The average Bonchev–Trinajstić information content (AvgIpc) is 2.71. The standard InChI is InChI=1S/C9H7NO6/c11-8-9(12)16-5-2-7-6(14-3-15-7)1-4(5)10(8)13/h1-2,9,12-13H,3H2. The van der Waals surface area contributed by atoms with Gasteiger partial charge in [0, 0.05) is 12.1 Å². The Morgan fingerprint density at radius 1 is 1.25 bits per heavy atom. The van der Waals surface area contributed by atoms with Gasteiger partial charge < -0.3 is 19.3 Å². The predicted octanol–water partition coefficient (Wildman–Crippen LogP) is -0.152. The third kappa shape index (κ3) is 1.12. The lowest BCUT2D eigenvalue weighted by atomic mass is 10.2. The van der Waals surface area contributed by atoms with Crippen molar-refractivity contribution in [3.63, 3.8) is 0 Å². The van der Waals surface area contributed by atoms with Crippen LogP contribution < -0.4 is 19.3 Å². The molecule has 0 aromatic heterocycles. The second-order valence-electron chi connectivity index (χ2n) is 3.29. The molecule has 84 valence electrons. The number of anilines is 1. The van der Waals surface area contributed by atoms with Crippen LogP contribution in [0.3, 0.4) is 0 Å². The van der Waals surface area contributed by atoms with E-state index in [9.17, 15) is 15.1 Å². The van der Waals surface area contributed by atoms with E-state index in [1.54, 1.807) is 0 Å². The summed E-state index contributed by atoms with van der Waals surface area (Å²) < 4.78 is 15.1. The Morgan fingerprint density at radius 3 is 2.69 bits per heavy atom. The molecule has 1 amide bonds. The van der Waals surface area contributed by atoms with Gasteiger partial charge in [-0.1, -0.05) is 0 Å². The number of nitrogens with zero attached hydrogens (tertiary/aromatic N) is 1. The van der Waals surface area contributed by atoms with E-state index in [1.807, 2.05) is 0 Å². The van der Waals surface area contributed by atoms with Gasteiger partial charge >= 0.3 is 5.91 Å². The zero-order valence-corrected chi connectivity index (χ0v) is 7.91. The number of amides is 1. The van der Waals surface area contributed by atoms with Crippen LogP contribution >= 0.6 is 0 Å². The number of hydrogen-bond donors (Lipinski definition) is 2. The second kappa shape index (κ2) is 3.00. The summed E-state index contributed by atoms with van der Waals surface area (Å²) in [5.41, 5.74) is 0.111. The maximum atomic E-state index is 11.2. The summed E-state index contributed by atoms with van der Waals surface area (Å²) in [6.45, 7) is 0.0696. The quantitative estimate of drug-likeness (QED) is 0.597. The van der Waals surface area contributed by atoms with E-state index >= 15 is 0 Å². The van der Waals surface area contributed by atoms with Gasteiger partial charge in [-0.05, 0) is 0 Å². The third-order valence-corrected chi connectivity index (χ3v) is 2.34. The summed E-state index contributed by atoms with van der Waals surface area (Å²) in [6, 6.07) is 2.85. The molecule has 7 nitrogen and oxygen atoms in total. The molecule has 0 fully saturated rings. The van der Waals surface area contributed by atoms with Gasteiger partial charge in [-0.25, -0.2) is 0 Å². The molecule has 0 bridgehead atoms. The number of aliphatic hydroxyl groups excluding tert-OH is 1. The first-order chi connectivity index (χ1) is 7.66. The predicted molar refractivity (Wildman–Crippen MR) is 48.5 cm³/mol. The molecule has 1 unspecified atom stereocenters. The van der Waals surface area contributed by atoms with Crippen molar-refractivity contribution in [2.45, 2.75) is 6.29 Å². The Balaban J connectivity index is 2.13. The van der Waals surface area contributed by atoms with Gasteiger partial charge in [0.25, 0.3) is 6.29 Å². The number of ether oxygens (including phenoxy) is 3. The van der Waals surface area contributed by atoms with Gasteiger partial charge in [-0.15, -0.1) is 0 Å². The lowest BCUT2D eigenvalue weighted by Gasteiger charge is -2.27. The monoisotopic (exact) mass is 225 g/mol. The highest BCUT2D eigenvalue weighted by molar-refractivity contribution is 5.97. The van der Waals surface area contributed by atoms with Crippen molar-refractivity contribution in [2.75, 3.05) is 11.9 Å². The first kappa shape index (κ1) is 9.25. The smallest absolute Gasteiger partial charge is 0.320 e. The summed E-state index contributed by atoms with van der Waals surface area (Å²) in [5, 5.41) is 19.0. The molecule has 2 aliphatic rings. The minimum absolute atomic E-state index is 0.0696. The van der Waals surface area contributed by atoms with Crippen molar-refractivity contribution in [3.05, 3.63) is 12.1 Å². The van der Waals surface area contributed by atoms with Crippen molar-refractivity contribution in [2.24, 2.45) is 0 Å². The minimum atomic E-state index is -1.71. The van der Waals surface area contributed by atoms with E-state index in [0.717, 1.165) is 0 Å². The van der Waals surface area contributed by atoms with Crippen LogP contribution in [0.1, 0.15) is 0 Å². The first-order valence-corrected chi connectivity index (χ1v) is 4.48. The van der Waals surface area contributed by atoms with Gasteiger partial charge in [-0.2, -0.15) is 5.06 Å². The maximum absolute atomic E-state index is 11.2. The van der Waals surface area contributed by atoms with E-state index in [1.165, 1.54) is 12.1 Å². The fraction of sp³-hybridized carbons (Fsp3) is 0.222. The van der Waals surface area contributed by atoms with Gasteiger partial charge in [0.15, 0.2) is 17.2 Å². The van der Waals surface area contributed by atoms with Crippen LogP contribution in [-0.2, 0) is 4.79 Å². The van der Waals surface area contributed by atoms with E-state index in [4.69, 9.17) is 14.2 Å². The van der Waals surface area contributed by atoms with Crippen LogP contribution in [0.2, 0.25) is 0 Å². The fourth-order valence-electron chi connectivity index (χ4n) is 1.57. The molecule has 0 saturated carbocycles. The summed E-state index contributed by atoms with van der Waals surface area (Å²) in [7, 11) is 0. The van der Waals surface area contributed by atoms with Crippen molar-refractivity contribution >= 4 is 11.6 Å². The number of rotatable bonds is 0. The summed E-state index contributed by atoms with van der Waals surface area (Å²) in [4.78, 5) is 11.2. The average molecular weight is 225 g/mol. The first-order valence-electron chi connectivity index (χ1n) is 4.48. The molecule has 2 N–H and O–H groups in total. The van der Waals surface area contributed by atoms with Crippen LogP contribution in [0.5, 0.6) is 17.2 Å². The number of hydroxylamine groups is 1. The number of hydrogen-bond acceptors (Lipinski definition) is 6. The summed E-state index contributed by atoms with van der Waals surface area (Å²) in [6.07, 6.45) is -1.71. The number of carbonyl (C=O) groups is 1. The molecular formula is C9H7NO6. The Kier molecular flexibility index (Phi) is 1.73. The molecule has 2 aliphatic heterocycles. The number of benzene rings is 1. The van der Waals surface area contributed by atoms with Gasteiger partial charge in [-0.3, -0.25) is 10.0 Å². The highest BCUT2D eigenvalue weighted by Gasteiger charge is 2.34. The zero-order chi connectivity index (χ0) is 11.3. The molecule has 1 aromatic carbocycles. The van der Waals surface area contributed by atoms with E-state index in [2.05, 4.69) is 0 Å². The molecule has 16 heavy (non-hydrogen) atoms. The van der Waals surface area contributed by atoms with Crippen LogP contribution in [0.4, 0.5) is 5.69 Å². The Morgan fingerprint density at radius 2 is 1.94 bits per heavy atom. The number of fused-ring (bicyclic) bond motifs is 2. The lowest BCUT2D eigenvalue weighted by molar-refractivity contribution is -0.148. The Bertz CT molecular complexity index is 473. The topological polar surface area (TPSA) is 88.5 Å². The number of aliphatic hydroxyl groups is 1. The van der Waals surface area contributed by atoms with E-state index in [0.29, 0.717) is 16.6 Å². The number of carbonyl (C=O) groups excluding carboxylic acids is 1. The highest BCUT2D eigenvalue weighted by atomic mass is 16.7. The van der Waals surface area contributed by atoms with Crippen molar-refractivity contribution in [1.82, 2.24) is 0 Å². The van der Waals surface area contributed by atoms with Crippen molar-refractivity contribution < 1.29 is 29.3 Å². The highest BCUT2D eigenvalue weighted by Crippen LogP contribution is 2.43. The third-order valence-electron chi connectivity index (χ3n) is 2.34. The minimum Gasteiger partial charge on any atom is -0.454 e. The molecule has 0 saturated heterocycles. The molecule has 1 atom stereocenters. The normalized spacial score (nSPS) is 21.8. The SMILES string of the molecule is O=C1C(O)Oc2cc3c(cc2N1O)OCO3. The fourth-order valence-corrected chi connectivity index (χ4v) is 1.57. The molecular weight excluding hydrogens is 218 g/mol. The second-order valence-corrected chi connectivity index (χ2v) is 3.29. The molecule has 0 aliphatic carbocycles.